The molecule has 0 fully saturated rings. The molecule has 1 aromatic rings. The second kappa shape index (κ2) is 10.5. The Balaban J connectivity index is 0.00000187. The Morgan fingerprint density at radius 3 is 0.900 bits per heavy atom. The number of pyridine rings is 1. The van der Waals surface area contributed by atoms with Crippen LogP contribution in [-0.4, -0.2) is 63.4 Å². The lowest BCUT2D eigenvalue weighted by atomic mass is 10.1. The van der Waals surface area contributed by atoms with Crippen LogP contribution >= 0.6 is 0 Å². The van der Waals surface area contributed by atoms with Crippen LogP contribution in [-0.2, 0) is 27.1 Å². The van der Waals surface area contributed by atoms with Gasteiger partial charge in [0.15, 0.2) is 32.4 Å². The smallest absolute Gasteiger partial charge is 0.425 e. The Labute approximate surface area is 209 Å². The molecule has 0 aliphatic carbocycles. The minimum Gasteiger partial charge on any atom is -0.425 e. The van der Waals surface area contributed by atoms with Crippen molar-refractivity contribution in [2.24, 2.45) is 7.05 Å². The topological polar surface area (TPSA) is 86.3 Å². The van der Waals surface area contributed by atoms with E-state index in [0.29, 0.717) is 0 Å². The van der Waals surface area contributed by atoms with E-state index in [9.17, 15) is 95.9 Å². The van der Waals surface area contributed by atoms with E-state index in [4.69, 9.17) is 0 Å². The Hall–Kier alpha value is -2.25. The predicted molar refractivity (Wildman–Crippen MR) is 90.6 cm³/mol. The molecule has 0 saturated carbocycles. The van der Waals surface area contributed by atoms with Crippen molar-refractivity contribution in [3.63, 3.8) is 0 Å². The van der Waals surface area contributed by atoms with Crippen LogP contribution in [0.3, 0.4) is 0 Å². The lowest BCUT2D eigenvalue weighted by molar-refractivity contribution is -0.671. The Bertz CT molecular complexity index is 1160. The van der Waals surface area contributed by atoms with Gasteiger partial charge in [-0.15, -0.1) is 0 Å². The number of halogens is 18. The van der Waals surface area contributed by atoms with Crippen LogP contribution in [0.1, 0.15) is 0 Å². The normalized spacial score (nSPS) is 15.4. The van der Waals surface area contributed by atoms with Crippen LogP contribution in [0.15, 0.2) is 30.6 Å². The highest BCUT2D eigenvalue weighted by Crippen LogP contribution is 2.58. The molecule has 0 bridgehead atoms. The highest BCUT2D eigenvalue weighted by Gasteiger charge is 2.86. The molecule has 0 saturated heterocycles. The quantitative estimate of drug-likeness (QED) is 0.274. The zero-order valence-electron chi connectivity index (χ0n) is 18.0. The molecule has 6 nitrogen and oxygen atoms in total. The van der Waals surface area contributed by atoms with Crippen LogP contribution in [0, 0.1) is 0 Å². The Kier molecular flexibility index (Phi) is 9.95. The third kappa shape index (κ3) is 6.15. The van der Waals surface area contributed by atoms with Crippen LogP contribution in [0.2, 0.25) is 0 Å². The van der Waals surface area contributed by atoms with Gasteiger partial charge >= 0.3 is 46.6 Å². The van der Waals surface area contributed by atoms with Crippen molar-refractivity contribution in [3.8, 4) is 0 Å². The number of hydrogen-bond acceptors (Lipinski definition) is 4. The number of nitrogens with zero attached hydrogens (tertiary/aromatic N) is 2. The average molecular weight is 674 g/mol. The van der Waals surface area contributed by atoms with Gasteiger partial charge in [-0.05, 0) is 0 Å². The first-order chi connectivity index (χ1) is 17.1. The van der Waals surface area contributed by atoms with Crippen molar-refractivity contribution in [2.75, 3.05) is 0 Å². The number of aryl methyl sites for hydroxylation is 1. The SMILES string of the molecule is C[n+]1ccccc1.O=S(=O)([N-]S(=O)(=O)C(F)(F)C(F)(F)C(F)(F)C(F)(F)F)C(F)(F)C(F)(F)C(F)(F)C(F)(F)F. The van der Waals surface area contributed by atoms with Crippen LogP contribution in [0.4, 0.5) is 79.0 Å². The van der Waals surface area contributed by atoms with E-state index in [1.54, 1.807) is 0 Å². The minimum absolute atomic E-state index is 0.109. The molecular formula is C14H8F18N2O4S2. The summed E-state index contributed by atoms with van der Waals surface area (Å²) in [5, 5.41) is -16.4. The maximum Gasteiger partial charge on any atom is 0.460 e. The van der Waals surface area contributed by atoms with E-state index in [1.807, 2.05) is 42.2 Å². The molecule has 40 heavy (non-hydrogen) atoms. The maximum atomic E-state index is 13.2. The lowest BCUT2D eigenvalue weighted by Gasteiger charge is -2.39. The molecule has 0 amide bonds. The molecule has 0 aliphatic rings. The van der Waals surface area contributed by atoms with Crippen molar-refractivity contribution in [1.29, 1.82) is 0 Å². The molecular weight excluding hydrogens is 666 g/mol. The van der Waals surface area contributed by atoms with Crippen LogP contribution in [0.5, 0.6) is 0 Å². The van der Waals surface area contributed by atoms with Crippen LogP contribution in [0.25, 0.3) is 4.13 Å². The summed E-state index contributed by atoms with van der Waals surface area (Å²) in [5.74, 6) is -33.0. The van der Waals surface area contributed by atoms with Gasteiger partial charge in [-0.1, -0.05) is 6.07 Å². The van der Waals surface area contributed by atoms with E-state index >= 15 is 0 Å². The lowest BCUT2D eigenvalue weighted by Crippen LogP contribution is -2.64. The zero-order valence-corrected chi connectivity index (χ0v) is 19.7. The molecule has 26 heteroatoms. The predicted octanol–water partition coefficient (Wildman–Crippen LogP) is 5.38. The second-order valence-corrected chi connectivity index (χ2v) is 10.4. The van der Waals surface area contributed by atoms with E-state index in [0.717, 1.165) is 0 Å². The summed E-state index contributed by atoms with van der Waals surface area (Å²) in [6.45, 7) is 0. The summed E-state index contributed by atoms with van der Waals surface area (Å²) < 4.78 is 271. The third-order valence-corrected chi connectivity index (χ3v) is 7.32. The number of aromatic nitrogens is 1. The van der Waals surface area contributed by atoms with Gasteiger partial charge in [0.2, 0.25) is 0 Å². The van der Waals surface area contributed by atoms with Crippen molar-refractivity contribution < 1.29 is 100 Å². The van der Waals surface area contributed by atoms with Crippen molar-refractivity contribution in [3.05, 3.63) is 34.7 Å². The summed E-state index contributed by atoms with van der Waals surface area (Å²) >= 11 is 0. The number of rotatable bonds is 8. The fraction of sp³-hybridized carbons (Fsp3) is 0.643. The first-order valence-electron chi connectivity index (χ1n) is 8.64. The summed E-state index contributed by atoms with van der Waals surface area (Å²) in [7, 11) is -15.6. The molecule has 1 rings (SSSR count). The van der Waals surface area contributed by atoms with E-state index in [1.165, 1.54) is 0 Å². The van der Waals surface area contributed by atoms with E-state index in [-0.39, 0.29) is 4.13 Å². The zero-order chi connectivity index (χ0) is 32.8. The van der Waals surface area contributed by atoms with Crippen LogP contribution < -0.4 is 4.57 Å². The van der Waals surface area contributed by atoms with Crippen molar-refractivity contribution in [2.45, 2.75) is 46.6 Å². The summed E-state index contributed by atoms with van der Waals surface area (Å²) in [6.07, 6.45) is -11.6. The highest BCUT2D eigenvalue weighted by molar-refractivity contribution is 8.13. The van der Waals surface area contributed by atoms with Gasteiger partial charge < -0.3 is 4.13 Å². The summed E-state index contributed by atoms with van der Waals surface area (Å²) in [4.78, 5) is 0. The molecule has 1 aromatic heterocycles. The molecule has 0 spiro atoms. The Morgan fingerprint density at radius 2 is 0.725 bits per heavy atom. The van der Waals surface area contributed by atoms with Crippen molar-refractivity contribution >= 4 is 20.0 Å². The molecule has 0 radical (unpaired) electrons. The van der Waals surface area contributed by atoms with Gasteiger partial charge in [-0.25, -0.2) is 21.4 Å². The number of sulfonamides is 2. The number of hydrogen-bond donors (Lipinski definition) is 0. The summed E-state index contributed by atoms with van der Waals surface area (Å²) in [5.41, 5.74) is 0. The molecule has 0 unspecified atom stereocenters. The van der Waals surface area contributed by atoms with Gasteiger partial charge in [-0.3, -0.25) is 0 Å². The van der Waals surface area contributed by atoms with Gasteiger partial charge in [0, 0.05) is 12.1 Å². The Morgan fingerprint density at radius 1 is 0.475 bits per heavy atom. The second-order valence-electron chi connectivity index (χ2n) is 6.89. The average Bonchev–Trinajstić information content (AvgIpc) is 2.71. The summed E-state index contributed by atoms with van der Waals surface area (Å²) in [6, 6.07) is 6.00. The molecule has 0 aromatic carbocycles. The minimum atomic E-state index is -8.81. The molecule has 1 heterocycles. The highest BCUT2D eigenvalue weighted by atomic mass is 32.3. The molecule has 0 aliphatic heterocycles. The monoisotopic (exact) mass is 674 g/mol. The fourth-order valence-electron chi connectivity index (χ4n) is 1.75. The van der Waals surface area contributed by atoms with E-state index in [2.05, 4.69) is 0 Å². The first-order valence-corrected chi connectivity index (χ1v) is 11.5. The standard InChI is InChI=1S/C8F18NO4S2.C6H8N/c9-1(10,5(17,18)19)3(13,14)7(23,24)32(28,29)27-33(30,31)8(25,26)4(15,16)2(11,12)6(20,21)22;1-7-5-3-2-4-6-7/h;2-6H,1H3/q-1;+1. The fourth-order valence-corrected chi connectivity index (χ4v) is 4.44. The van der Waals surface area contributed by atoms with Crippen molar-refractivity contribution in [1.82, 2.24) is 0 Å². The largest absolute Gasteiger partial charge is 0.460 e. The number of alkyl halides is 18. The third-order valence-electron chi connectivity index (χ3n) is 3.94. The first kappa shape index (κ1) is 37.8. The molecule has 236 valence electrons. The van der Waals surface area contributed by atoms with Gasteiger partial charge in [0.05, 0.1) is 0 Å². The molecule has 0 N–H and O–H groups in total. The van der Waals surface area contributed by atoms with Gasteiger partial charge in [-0.2, -0.15) is 79.0 Å². The van der Waals surface area contributed by atoms with Gasteiger partial charge in [0.25, 0.3) is 0 Å². The van der Waals surface area contributed by atoms with E-state index < -0.39 is 66.6 Å². The van der Waals surface area contributed by atoms with Gasteiger partial charge in [0.1, 0.15) is 7.05 Å². The maximum absolute atomic E-state index is 13.2. The molecule has 0 atom stereocenters.